The molecule has 24 heavy (non-hydrogen) atoms. The van der Waals surface area contributed by atoms with Crippen molar-refractivity contribution in [1.29, 1.82) is 0 Å². The summed E-state index contributed by atoms with van der Waals surface area (Å²) in [7, 11) is 0. The number of fused-ring (bicyclic) bond motifs is 1. The molecule has 0 spiro atoms. The van der Waals surface area contributed by atoms with Crippen LogP contribution >= 0.6 is 0 Å². The monoisotopic (exact) mass is 318 g/mol. The third kappa shape index (κ3) is 2.48. The molecule has 0 bridgehead atoms. The van der Waals surface area contributed by atoms with Crippen LogP contribution in [0.4, 0.5) is 0 Å². The van der Waals surface area contributed by atoms with E-state index >= 15 is 0 Å². The minimum Gasteiger partial charge on any atom is -0.332 e. The van der Waals surface area contributed by atoms with Gasteiger partial charge in [0.25, 0.3) is 5.91 Å². The van der Waals surface area contributed by atoms with E-state index in [0.29, 0.717) is 18.8 Å². The van der Waals surface area contributed by atoms with Crippen LogP contribution < -0.4 is 0 Å². The third-order valence-corrected chi connectivity index (χ3v) is 4.44. The van der Waals surface area contributed by atoms with Crippen molar-refractivity contribution in [2.75, 3.05) is 6.54 Å². The van der Waals surface area contributed by atoms with Crippen LogP contribution in [-0.2, 0) is 13.0 Å². The first-order valence-corrected chi connectivity index (χ1v) is 8.06. The van der Waals surface area contributed by atoms with Gasteiger partial charge in [-0.1, -0.05) is 24.3 Å². The van der Waals surface area contributed by atoms with Gasteiger partial charge in [-0.05, 0) is 30.7 Å². The lowest BCUT2D eigenvalue weighted by atomic mass is 10.1. The second kappa shape index (κ2) is 5.92. The number of carbonyl (C=O) groups excluding carboxylic acids is 1. The summed E-state index contributed by atoms with van der Waals surface area (Å²) in [4.78, 5) is 18.8. The molecule has 0 aliphatic carbocycles. The Morgan fingerprint density at radius 1 is 1.12 bits per heavy atom. The van der Waals surface area contributed by atoms with Crippen LogP contribution in [0.2, 0.25) is 0 Å². The molecule has 2 aromatic heterocycles. The zero-order chi connectivity index (χ0) is 16.5. The molecule has 1 aromatic carbocycles. The molecular weight excluding hydrogens is 300 g/mol. The SMILES string of the molecule is Cc1cccnc1C(=O)N1CCc2c(cnn2-c2ccccc2)C1. The summed E-state index contributed by atoms with van der Waals surface area (Å²) in [6.45, 7) is 3.18. The van der Waals surface area contributed by atoms with Crippen LogP contribution in [0.15, 0.2) is 54.9 Å². The molecule has 5 nitrogen and oxygen atoms in total. The maximum absolute atomic E-state index is 12.7. The number of benzene rings is 1. The fourth-order valence-corrected chi connectivity index (χ4v) is 3.16. The standard InChI is InChI=1S/C19H18N4O/c1-14-6-5-10-20-18(14)19(24)22-11-9-17-15(13-22)12-21-23(17)16-7-3-2-4-8-16/h2-8,10,12H,9,11,13H2,1H3. The lowest BCUT2D eigenvalue weighted by Crippen LogP contribution is -2.37. The van der Waals surface area contributed by atoms with Crippen molar-refractivity contribution in [3.8, 4) is 5.69 Å². The first-order chi connectivity index (χ1) is 11.7. The van der Waals surface area contributed by atoms with Gasteiger partial charge >= 0.3 is 0 Å². The second-order valence-electron chi connectivity index (χ2n) is 6.01. The molecule has 3 aromatic rings. The number of carbonyl (C=O) groups is 1. The van der Waals surface area contributed by atoms with Gasteiger partial charge in [-0.3, -0.25) is 9.78 Å². The van der Waals surface area contributed by atoms with Crippen molar-refractivity contribution in [2.45, 2.75) is 19.9 Å². The molecule has 0 unspecified atom stereocenters. The van der Waals surface area contributed by atoms with Crippen molar-refractivity contribution >= 4 is 5.91 Å². The number of para-hydroxylation sites is 1. The summed E-state index contributed by atoms with van der Waals surface area (Å²) in [5.74, 6) is -0.00814. The van der Waals surface area contributed by atoms with Gasteiger partial charge in [0.05, 0.1) is 17.6 Å². The Bertz CT molecular complexity index is 885. The Hall–Kier alpha value is -2.95. The van der Waals surface area contributed by atoms with Crippen molar-refractivity contribution in [3.05, 3.63) is 77.4 Å². The second-order valence-corrected chi connectivity index (χ2v) is 6.01. The molecule has 120 valence electrons. The maximum Gasteiger partial charge on any atom is 0.273 e. The van der Waals surface area contributed by atoms with E-state index in [4.69, 9.17) is 0 Å². The molecule has 1 aliphatic rings. The molecule has 3 heterocycles. The largest absolute Gasteiger partial charge is 0.332 e. The van der Waals surface area contributed by atoms with E-state index in [-0.39, 0.29) is 5.91 Å². The van der Waals surface area contributed by atoms with Crippen molar-refractivity contribution in [3.63, 3.8) is 0 Å². The highest BCUT2D eigenvalue weighted by atomic mass is 16.2. The van der Waals surface area contributed by atoms with Gasteiger partial charge < -0.3 is 4.90 Å². The summed E-state index contributed by atoms with van der Waals surface area (Å²) >= 11 is 0. The predicted molar refractivity (Wildman–Crippen MR) is 91.0 cm³/mol. The summed E-state index contributed by atoms with van der Waals surface area (Å²) in [6, 6.07) is 13.9. The molecule has 0 N–H and O–H groups in total. The smallest absolute Gasteiger partial charge is 0.273 e. The van der Waals surface area contributed by atoms with Crippen LogP contribution in [0.3, 0.4) is 0 Å². The number of hydrogen-bond donors (Lipinski definition) is 0. The van der Waals surface area contributed by atoms with E-state index in [2.05, 4.69) is 10.1 Å². The van der Waals surface area contributed by atoms with Gasteiger partial charge in [-0.25, -0.2) is 4.68 Å². The summed E-state index contributed by atoms with van der Waals surface area (Å²) in [5.41, 5.74) is 4.79. The van der Waals surface area contributed by atoms with Gasteiger partial charge in [0.1, 0.15) is 5.69 Å². The molecule has 0 saturated heterocycles. The van der Waals surface area contributed by atoms with E-state index in [9.17, 15) is 4.79 Å². The number of pyridine rings is 1. The molecule has 0 fully saturated rings. The maximum atomic E-state index is 12.7. The minimum atomic E-state index is -0.00814. The van der Waals surface area contributed by atoms with E-state index in [1.54, 1.807) is 6.20 Å². The van der Waals surface area contributed by atoms with Gasteiger partial charge in [-0.2, -0.15) is 5.10 Å². The van der Waals surface area contributed by atoms with Gasteiger partial charge in [0.2, 0.25) is 0 Å². The zero-order valence-corrected chi connectivity index (χ0v) is 13.5. The quantitative estimate of drug-likeness (QED) is 0.730. The zero-order valence-electron chi connectivity index (χ0n) is 13.5. The van der Waals surface area contributed by atoms with Gasteiger partial charge in [-0.15, -0.1) is 0 Å². The van der Waals surface area contributed by atoms with E-state index < -0.39 is 0 Å². The van der Waals surface area contributed by atoms with E-state index in [1.807, 2.05) is 65.2 Å². The summed E-state index contributed by atoms with van der Waals surface area (Å²) in [6.07, 6.45) is 4.33. The van der Waals surface area contributed by atoms with Crippen LogP contribution in [0.5, 0.6) is 0 Å². The van der Waals surface area contributed by atoms with Crippen LogP contribution in [-0.4, -0.2) is 32.1 Å². The topological polar surface area (TPSA) is 51.0 Å². The summed E-state index contributed by atoms with van der Waals surface area (Å²) in [5, 5.41) is 4.52. The van der Waals surface area contributed by atoms with E-state index in [0.717, 1.165) is 23.2 Å². The Morgan fingerprint density at radius 2 is 1.96 bits per heavy atom. The Kier molecular flexibility index (Phi) is 3.61. The van der Waals surface area contributed by atoms with Crippen molar-refractivity contribution in [2.24, 2.45) is 0 Å². The van der Waals surface area contributed by atoms with Gasteiger partial charge in [0, 0.05) is 31.3 Å². The Labute approximate surface area is 140 Å². The highest BCUT2D eigenvalue weighted by molar-refractivity contribution is 5.93. The lowest BCUT2D eigenvalue weighted by molar-refractivity contribution is 0.0727. The Morgan fingerprint density at radius 3 is 2.75 bits per heavy atom. The first kappa shape index (κ1) is 14.6. The predicted octanol–water partition coefficient (Wildman–Crippen LogP) is 2.77. The van der Waals surface area contributed by atoms with E-state index in [1.165, 1.54) is 5.69 Å². The van der Waals surface area contributed by atoms with Crippen LogP contribution in [0, 0.1) is 6.92 Å². The highest BCUT2D eigenvalue weighted by Crippen LogP contribution is 2.23. The van der Waals surface area contributed by atoms with Gasteiger partial charge in [0.15, 0.2) is 0 Å². The fourth-order valence-electron chi connectivity index (χ4n) is 3.16. The van der Waals surface area contributed by atoms with Crippen LogP contribution in [0.25, 0.3) is 5.69 Å². The Balaban J connectivity index is 1.61. The average molecular weight is 318 g/mol. The molecular formula is C19H18N4O. The van der Waals surface area contributed by atoms with Crippen molar-refractivity contribution in [1.82, 2.24) is 19.7 Å². The first-order valence-electron chi connectivity index (χ1n) is 8.06. The molecule has 0 saturated carbocycles. The number of amides is 1. The minimum absolute atomic E-state index is 0.00814. The lowest BCUT2D eigenvalue weighted by Gasteiger charge is -2.27. The third-order valence-electron chi connectivity index (χ3n) is 4.44. The number of aromatic nitrogens is 3. The summed E-state index contributed by atoms with van der Waals surface area (Å²) < 4.78 is 1.98. The highest BCUT2D eigenvalue weighted by Gasteiger charge is 2.26. The van der Waals surface area contributed by atoms with Crippen molar-refractivity contribution < 1.29 is 4.79 Å². The molecule has 0 radical (unpaired) electrons. The molecule has 1 amide bonds. The fraction of sp³-hybridized carbons (Fsp3) is 0.211. The molecule has 4 rings (SSSR count). The molecule has 0 atom stereocenters. The number of rotatable bonds is 2. The number of nitrogens with zero attached hydrogens (tertiary/aromatic N) is 4. The average Bonchev–Trinajstić information content (AvgIpc) is 3.05. The number of aryl methyl sites for hydroxylation is 1. The molecule has 1 aliphatic heterocycles. The molecule has 5 heteroatoms. The number of hydrogen-bond acceptors (Lipinski definition) is 3. The van der Waals surface area contributed by atoms with Crippen LogP contribution in [0.1, 0.15) is 27.3 Å². The normalized spacial score (nSPS) is 13.6.